The van der Waals surface area contributed by atoms with Gasteiger partial charge in [-0.3, -0.25) is 9.52 Å². The second kappa shape index (κ2) is 8.04. The number of benzene rings is 2. The molecule has 0 saturated carbocycles. The van der Waals surface area contributed by atoms with Crippen molar-refractivity contribution < 1.29 is 17.6 Å². The van der Waals surface area contributed by atoms with Gasteiger partial charge in [0, 0.05) is 5.02 Å². The van der Waals surface area contributed by atoms with Crippen LogP contribution in [0.1, 0.15) is 16.1 Å². The van der Waals surface area contributed by atoms with Crippen molar-refractivity contribution in [1.82, 2.24) is 5.32 Å². The van der Waals surface area contributed by atoms with E-state index in [-0.39, 0.29) is 32.7 Å². The van der Waals surface area contributed by atoms with Crippen LogP contribution in [-0.2, 0) is 16.6 Å². The molecule has 0 fully saturated rings. The van der Waals surface area contributed by atoms with Crippen molar-refractivity contribution in [2.45, 2.75) is 11.4 Å². The first-order valence-electron chi connectivity index (χ1n) is 7.74. The summed E-state index contributed by atoms with van der Waals surface area (Å²) in [7, 11) is -4.05. The summed E-state index contributed by atoms with van der Waals surface area (Å²) in [5.74, 6) is 0.119. The number of sulfonamides is 1. The van der Waals surface area contributed by atoms with Gasteiger partial charge in [-0.05, 0) is 42.5 Å². The molecule has 1 aromatic heterocycles. The van der Waals surface area contributed by atoms with E-state index in [1.165, 1.54) is 36.6 Å². The van der Waals surface area contributed by atoms with Crippen molar-refractivity contribution in [2.24, 2.45) is 0 Å². The first-order chi connectivity index (χ1) is 12.9. The van der Waals surface area contributed by atoms with Gasteiger partial charge in [0.2, 0.25) is 0 Å². The number of hydrogen-bond acceptors (Lipinski definition) is 4. The number of furan rings is 1. The molecule has 3 rings (SSSR count). The fourth-order valence-electron chi connectivity index (χ4n) is 2.33. The van der Waals surface area contributed by atoms with E-state index in [0.29, 0.717) is 5.76 Å². The Labute approximate surface area is 166 Å². The minimum absolute atomic E-state index is 0.0200. The molecule has 0 atom stereocenters. The predicted octanol–water partition coefficient (Wildman–Crippen LogP) is 4.32. The van der Waals surface area contributed by atoms with Crippen molar-refractivity contribution in [1.29, 1.82) is 0 Å². The summed E-state index contributed by atoms with van der Waals surface area (Å²) in [4.78, 5) is 12.3. The summed E-state index contributed by atoms with van der Waals surface area (Å²) < 4.78 is 32.9. The summed E-state index contributed by atoms with van der Waals surface area (Å²) in [6.45, 7) is 0.174. The highest BCUT2D eigenvalue weighted by atomic mass is 35.5. The van der Waals surface area contributed by atoms with Crippen LogP contribution in [-0.4, -0.2) is 14.3 Å². The number of para-hydroxylation sites is 1. The molecule has 140 valence electrons. The Balaban J connectivity index is 1.85. The second-order valence-electron chi connectivity index (χ2n) is 5.49. The maximum Gasteiger partial charge on any atom is 0.263 e. The quantitative estimate of drug-likeness (QED) is 0.616. The molecule has 0 spiro atoms. The van der Waals surface area contributed by atoms with Gasteiger partial charge in [0.1, 0.15) is 10.7 Å². The van der Waals surface area contributed by atoms with Crippen LogP contribution in [0.5, 0.6) is 0 Å². The van der Waals surface area contributed by atoms with Crippen molar-refractivity contribution in [3.63, 3.8) is 0 Å². The zero-order valence-electron chi connectivity index (χ0n) is 13.8. The Kier molecular flexibility index (Phi) is 5.74. The maximum atomic E-state index is 12.7. The molecule has 1 heterocycles. The summed E-state index contributed by atoms with van der Waals surface area (Å²) >= 11 is 11.9. The van der Waals surface area contributed by atoms with Gasteiger partial charge in [0.05, 0.1) is 29.1 Å². The van der Waals surface area contributed by atoms with Gasteiger partial charge in [0.25, 0.3) is 15.9 Å². The lowest BCUT2D eigenvalue weighted by Gasteiger charge is -2.13. The molecule has 6 nitrogen and oxygen atoms in total. The molecule has 0 aliphatic heterocycles. The third-order valence-corrected chi connectivity index (χ3v) is 5.68. The topological polar surface area (TPSA) is 88.4 Å². The molecule has 0 unspecified atom stereocenters. The third-order valence-electron chi connectivity index (χ3n) is 3.60. The van der Waals surface area contributed by atoms with Gasteiger partial charge in [-0.25, -0.2) is 8.42 Å². The molecule has 2 aromatic carbocycles. The van der Waals surface area contributed by atoms with Crippen LogP contribution in [0.2, 0.25) is 10.0 Å². The Morgan fingerprint density at radius 1 is 1.04 bits per heavy atom. The number of rotatable bonds is 6. The monoisotopic (exact) mass is 424 g/mol. The zero-order valence-corrected chi connectivity index (χ0v) is 16.1. The van der Waals surface area contributed by atoms with Crippen LogP contribution in [0.15, 0.2) is 70.2 Å². The first kappa shape index (κ1) is 19.3. The highest BCUT2D eigenvalue weighted by Crippen LogP contribution is 2.27. The van der Waals surface area contributed by atoms with Gasteiger partial charge in [-0.2, -0.15) is 0 Å². The van der Waals surface area contributed by atoms with Crippen LogP contribution in [0.3, 0.4) is 0 Å². The van der Waals surface area contributed by atoms with Gasteiger partial charge >= 0.3 is 0 Å². The summed E-state index contributed by atoms with van der Waals surface area (Å²) in [5, 5.41) is 2.92. The largest absolute Gasteiger partial charge is 0.467 e. The van der Waals surface area contributed by atoms with Crippen LogP contribution in [0.4, 0.5) is 5.69 Å². The number of halogens is 2. The van der Waals surface area contributed by atoms with E-state index >= 15 is 0 Å². The SMILES string of the molecule is O=C(NCc1ccco1)c1ccccc1NS(=O)(=O)c1cc(Cl)ccc1Cl. The number of carbonyl (C=O) groups excluding carboxylic acids is 1. The van der Waals surface area contributed by atoms with Crippen LogP contribution in [0, 0.1) is 0 Å². The average molecular weight is 425 g/mol. The number of carbonyl (C=O) groups is 1. The van der Waals surface area contributed by atoms with Crippen molar-refractivity contribution in [3.8, 4) is 0 Å². The van der Waals surface area contributed by atoms with E-state index in [1.807, 2.05) is 0 Å². The predicted molar refractivity (Wildman–Crippen MR) is 104 cm³/mol. The van der Waals surface area contributed by atoms with E-state index in [9.17, 15) is 13.2 Å². The normalized spacial score (nSPS) is 11.2. The highest BCUT2D eigenvalue weighted by molar-refractivity contribution is 7.92. The van der Waals surface area contributed by atoms with Crippen molar-refractivity contribution in [2.75, 3.05) is 4.72 Å². The fraction of sp³-hybridized carbons (Fsp3) is 0.0556. The van der Waals surface area contributed by atoms with E-state index < -0.39 is 15.9 Å². The summed E-state index contributed by atoms with van der Waals surface area (Å²) in [6, 6.07) is 13.8. The zero-order chi connectivity index (χ0) is 19.4. The lowest BCUT2D eigenvalue weighted by molar-refractivity contribution is 0.0949. The smallest absolute Gasteiger partial charge is 0.263 e. The lowest BCUT2D eigenvalue weighted by atomic mass is 10.1. The van der Waals surface area contributed by atoms with Crippen LogP contribution in [0.25, 0.3) is 0 Å². The van der Waals surface area contributed by atoms with Crippen LogP contribution < -0.4 is 10.0 Å². The molecule has 0 radical (unpaired) electrons. The van der Waals surface area contributed by atoms with E-state index in [0.717, 1.165) is 0 Å². The van der Waals surface area contributed by atoms with E-state index in [4.69, 9.17) is 27.6 Å². The Morgan fingerprint density at radius 2 is 1.81 bits per heavy atom. The molecular weight excluding hydrogens is 411 g/mol. The molecule has 2 N–H and O–H groups in total. The van der Waals surface area contributed by atoms with Gasteiger partial charge in [0.15, 0.2) is 0 Å². The molecule has 3 aromatic rings. The molecule has 0 aliphatic rings. The first-order valence-corrected chi connectivity index (χ1v) is 9.98. The average Bonchev–Trinajstić information content (AvgIpc) is 3.15. The molecule has 0 saturated heterocycles. The number of hydrogen-bond donors (Lipinski definition) is 2. The molecule has 9 heteroatoms. The van der Waals surface area contributed by atoms with Gasteiger partial charge in [-0.1, -0.05) is 35.3 Å². The molecule has 0 bridgehead atoms. The highest BCUT2D eigenvalue weighted by Gasteiger charge is 2.21. The number of nitrogens with one attached hydrogen (secondary N) is 2. The minimum atomic E-state index is -4.05. The van der Waals surface area contributed by atoms with E-state index in [1.54, 1.807) is 24.3 Å². The minimum Gasteiger partial charge on any atom is -0.467 e. The maximum absolute atomic E-state index is 12.7. The fourth-order valence-corrected chi connectivity index (χ4v) is 4.17. The summed E-state index contributed by atoms with van der Waals surface area (Å²) in [6.07, 6.45) is 1.50. The molecule has 0 aliphatic carbocycles. The lowest BCUT2D eigenvalue weighted by Crippen LogP contribution is -2.24. The standard InChI is InChI=1S/C18H14Cl2N2O4S/c19-12-7-8-15(20)17(10-12)27(24,25)22-16-6-2-1-5-14(16)18(23)21-11-13-4-3-9-26-13/h1-10,22H,11H2,(H,21,23). The van der Waals surface area contributed by atoms with Crippen LogP contribution >= 0.6 is 23.2 Å². The molecule has 1 amide bonds. The Bertz CT molecular complexity index is 1070. The van der Waals surface area contributed by atoms with Gasteiger partial charge in [-0.15, -0.1) is 0 Å². The van der Waals surface area contributed by atoms with Gasteiger partial charge < -0.3 is 9.73 Å². The second-order valence-corrected chi connectivity index (χ2v) is 7.98. The van der Waals surface area contributed by atoms with E-state index in [2.05, 4.69) is 10.0 Å². The van der Waals surface area contributed by atoms with Crippen molar-refractivity contribution >= 4 is 44.8 Å². The summed E-state index contributed by atoms with van der Waals surface area (Å²) in [5.41, 5.74) is 0.274. The molecule has 27 heavy (non-hydrogen) atoms. The molecular formula is C18H14Cl2N2O4S. The van der Waals surface area contributed by atoms with Crippen molar-refractivity contribution in [3.05, 3.63) is 82.2 Å². The third kappa shape index (κ3) is 4.63. The number of amides is 1. The Hall–Kier alpha value is -2.48. The number of anilines is 1. The Morgan fingerprint density at radius 3 is 2.56 bits per heavy atom.